The summed E-state index contributed by atoms with van der Waals surface area (Å²) in [4.78, 5) is 36.4. The van der Waals surface area contributed by atoms with Gasteiger partial charge in [-0.1, -0.05) is 40.2 Å². The van der Waals surface area contributed by atoms with Crippen LogP contribution in [0.1, 0.15) is 63.0 Å². The largest absolute Gasteiger partial charge is 0.620 e. The van der Waals surface area contributed by atoms with Gasteiger partial charge in [0, 0.05) is 9.85 Å². The molecular formula is C31H35BrF2N3O9PS. The number of hydrogen-bond acceptors (Lipinski definition) is 11. The van der Waals surface area contributed by atoms with Gasteiger partial charge in [-0.05, 0) is 70.9 Å². The second-order valence-electron chi connectivity index (χ2n) is 12.5. The van der Waals surface area contributed by atoms with Gasteiger partial charge >= 0.3 is 31.1 Å². The fraction of sp³-hybridized carbons (Fsp3) is 0.387. The Balaban J connectivity index is 1.78. The topological polar surface area (TPSA) is 160 Å². The molecule has 1 unspecified atom stereocenters. The van der Waals surface area contributed by atoms with Crippen LogP contribution in [0.25, 0.3) is 11.3 Å². The van der Waals surface area contributed by atoms with Crippen molar-refractivity contribution in [1.82, 2.24) is 4.57 Å². The summed E-state index contributed by atoms with van der Waals surface area (Å²) in [5.41, 5.74) is -5.06. The Morgan fingerprint density at radius 3 is 2.06 bits per heavy atom. The minimum Gasteiger partial charge on any atom is -0.620 e. The minimum absolute atomic E-state index is 0.0605. The van der Waals surface area contributed by atoms with Crippen LogP contribution in [0.5, 0.6) is 0 Å². The molecule has 0 saturated carbocycles. The van der Waals surface area contributed by atoms with E-state index in [1.807, 2.05) is 0 Å². The molecule has 2 aromatic carbocycles. The number of esters is 3. The molecule has 1 heterocycles. The number of rotatable bonds is 12. The smallest absolute Gasteiger partial charge is 0.539 e. The van der Waals surface area contributed by atoms with Crippen LogP contribution in [0.15, 0.2) is 52.3 Å². The van der Waals surface area contributed by atoms with E-state index in [0.29, 0.717) is 16.8 Å². The highest BCUT2D eigenvalue weighted by atomic mass is 79.9. The van der Waals surface area contributed by atoms with Gasteiger partial charge in [-0.25, -0.2) is 13.9 Å². The van der Waals surface area contributed by atoms with E-state index in [1.54, 1.807) is 42.9 Å². The molecule has 0 aliphatic rings. The van der Waals surface area contributed by atoms with E-state index in [1.165, 1.54) is 45.0 Å². The predicted molar refractivity (Wildman–Crippen MR) is 176 cm³/mol. The van der Waals surface area contributed by atoms with E-state index in [0.717, 1.165) is 17.4 Å². The molecule has 3 rings (SSSR count). The maximum absolute atomic E-state index is 15.6. The number of ether oxygens (including phenoxy) is 3. The summed E-state index contributed by atoms with van der Waals surface area (Å²) in [6, 6.07) is 9.90. The first kappa shape index (κ1) is 38.7. The van der Waals surface area contributed by atoms with Crippen molar-refractivity contribution in [2.45, 2.75) is 53.8 Å². The van der Waals surface area contributed by atoms with Crippen molar-refractivity contribution in [2.24, 2.45) is 10.8 Å². The first-order chi connectivity index (χ1) is 22.1. The first-order valence-electron chi connectivity index (χ1n) is 14.1. The lowest BCUT2D eigenvalue weighted by Crippen LogP contribution is -2.26. The molecule has 0 bridgehead atoms. The highest BCUT2D eigenvalue weighted by molar-refractivity contribution is 9.10. The Morgan fingerprint density at radius 1 is 0.979 bits per heavy atom. The number of carbonyl (C=O) groups is 3. The molecule has 260 valence electrons. The Morgan fingerprint density at radius 2 is 1.54 bits per heavy atom. The quantitative estimate of drug-likeness (QED) is 0.0500. The molecule has 1 aromatic heterocycles. The number of carbonyl (C=O) groups excluding carboxylic acids is 3. The van der Waals surface area contributed by atoms with Crippen LogP contribution in [0.3, 0.4) is 0 Å². The fourth-order valence-electron chi connectivity index (χ4n) is 3.83. The van der Waals surface area contributed by atoms with Gasteiger partial charge in [0.25, 0.3) is 0 Å². The minimum atomic E-state index is -5.57. The van der Waals surface area contributed by atoms with E-state index in [4.69, 9.17) is 24.1 Å². The molecule has 17 heteroatoms. The van der Waals surface area contributed by atoms with Crippen LogP contribution >= 0.6 is 34.8 Å². The lowest BCUT2D eigenvalue weighted by molar-refractivity contribution is -0.312. The summed E-state index contributed by atoms with van der Waals surface area (Å²) in [7, 11) is -5.57. The lowest BCUT2D eigenvalue weighted by atomic mass is 9.97. The van der Waals surface area contributed by atoms with Crippen LogP contribution in [0, 0.1) is 21.4 Å². The summed E-state index contributed by atoms with van der Waals surface area (Å²) in [5, 5.41) is 22.2. The third kappa shape index (κ3) is 8.84. The van der Waals surface area contributed by atoms with Crippen LogP contribution in [0.4, 0.5) is 8.78 Å². The summed E-state index contributed by atoms with van der Waals surface area (Å²) in [5.74, 6) is -2.05. The third-order valence-corrected chi connectivity index (χ3v) is 10.0. The SMILES string of the molecule is C=[N+]([O-])P(=O)(OCOC(=O)C(C)(C)C)C(F)(F)c1ccc(Cn2c(-c3ccc(C(=O)OCOC(=O)C(C)(C)C)cc3)csc2=N)cc1Br. The number of thiazole rings is 1. The normalized spacial score (nSPS) is 13.4. The van der Waals surface area contributed by atoms with Gasteiger partial charge in [-0.2, -0.15) is 8.78 Å². The van der Waals surface area contributed by atoms with Crippen molar-refractivity contribution >= 4 is 59.4 Å². The Kier molecular flexibility index (Phi) is 11.9. The van der Waals surface area contributed by atoms with E-state index >= 15 is 8.78 Å². The molecule has 0 amide bonds. The van der Waals surface area contributed by atoms with Crippen LogP contribution in [0.2, 0.25) is 0 Å². The average molecular weight is 775 g/mol. The first-order valence-corrected chi connectivity index (χ1v) is 17.4. The molecular weight excluding hydrogens is 739 g/mol. The molecule has 0 spiro atoms. The predicted octanol–water partition coefficient (Wildman–Crippen LogP) is 7.23. The van der Waals surface area contributed by atoms with Crippen LogP contribution in [-0.2, 0) is 45.1 Å². The monoisotopic (exact) mass is 773 g/mol. The van der Waals surface area contributed by atoms with Gasteiger partial charge in [0.05, 0.1) is 34.2 Å². The highest BCUT2D eigenvalue weighted by Crippen LogP contribution is 2.66. The zero-order valence-electron chi connectivity index (χ0n) is 27.0. The number of nitrogens with one attached hydrogen (secondary N) is 1. The number of halogens is 3. The lowest BCUT2D eigenvalue weighted by Gasteiger charge is -2.25. The van der Waals surface area contributed by atoms with Crippen LogP contribution < -0.4 is 4.80 Å². The van der Waals surface area contributed by atoms with Crippen molar-refractivity contribution < 1.29 is 51.0 Å². The van der Waals surface area contributed by atoms with Gasteiger partial charge in [-0.3, -0.25) is 15.0 Å². The van der Waals surface area contributed by atoms with Gasteiger partial charge < -0.3 is 24.0 Å². The molecule has 48 heavy (non-hydrogen) atoms. The Bertz CT molecular complexity index is 1810. The van der Waals surface area contributed by atoms with E-state index in [2.05, 4.69) is 22.6 Å². The van der Waals surface area contributed by atoms with Gasteiger partial charge in [0.15, 0.2) is 4.80 Å². The van der Waals surface area contributed by atoms with Crippen molar-refractivity contribution in [3.63, 3.8) is 0 Å². The average Bonchev–Trinajstić information content (AvgIpc) is 3.34. The second kappa shape index (κ2) is 14.8. The molecule has 1 atom stereocenters. The summed E-state index contributed by atoms with van der Waals surface area (Å²) in [6.45, 7) is 10.7. The second-order valence-corrected chi connectivity index (χ2v) is 16.5. The van der Waals surface area contributed by atoms with E-state index in [-0.39, 0.29) is 21.4 Å². The van der Waals surface area contributed by atoms with Crippen molar-refractivity contribution in [1.29, 1.82) is 5.41 Å². The van der Waals surface area contributed by atoms with Crippen molar-refractivity contribution in [3.8, 4) is 11.3 Å². The molecule has 0 saturated heterocycles. The zero-order valence-corrected chi connectivity index (χ0v) is 30.3. The van der Waals surface area contributed by atoms with Crippen molar-refractivity contribution in [3.05, 3.63) is 79.0 Å². The number of alkyl halides is 2. The number of nitrogens with zero attached hydrogens (tertiary/aromatic N) is 2. The maximum atomic E-state index is 15.6. The zero-order chi connectivity index (χ0) is 36.2. The number of benzene rings is 2. The number of aromatic nitrogens is 1. The van der Waals surface area contributed by atoms with Crippen molar-refractivity contribution in [2.75, 3.05) is 13.6 Å². The molecule has 0 radical (unpaired) electrons. The Labute approximate surface area is 288 Å². The summed E-state index contributed by atoms with van der Waals surface area (Å²) >= 11 is 4.20. The Hall–Kier alpha value is -3.72. The summed E-state index contributed by atoms with van der Waals surface area (Å²) in [6.07, 6.45) is 0. The number of hydrogen-bond donors (Lipinski definition) is 1. The molecule has 1 N–H and O–H groups in total. The molecule has 0 aliphatic carbocycles. The molecule has 0 aliphatic heterocycles. The van der Waals surface area contributed by atoms with Gasteiger partial charge in [0.2, 0.25) is 13.6 Å². The van der Waals surface area contributed by atoms with Crippen LogP contribution in [-0.4, -0.2) is 47.3 Å². The van der Waals surface area contributed by atoms with E-state index in [9.17, 15) is 24.2 Å². The molecule has 3 aromatic rings. The van der Waals surface area contributed by atoms with Gasteiger partial charge in [0.1, 0.15) is 6.72 Å². The highest BCUT2D eigenvalue weighted by Gasteiger charge is 2.62. The third-order valence-electron chi connectivity index (χ3n) is 6.60. The standard InChI is InChI=1S/C31H35BrF2N3O9PS/c1-29(2,3)26(39)44-17-43-25(38)21-11-9-20(10-12-21)24-16-48-28(35)37(24)15-19-8-13-22(23(32)14-19)31(33,34)47(42,36(7)41)46-18-45-27(40)30(4,5)6/h8-14,16,35H,7,15,17-18H2,1-6H3. The molecule has 0 fully saturated rings. The van der Waals surface area contributed by atoms with Gasteiger partial charge in [-0.15, -0.1) is 15.8 Å². The fourth-order valence-corrected chi connectivity index (χ4v) is 6.70. The summed E-state index contributed by atoms with van der Waals surface area (Å²) < 4.78 is 64.6. The maximum Gasteiger partial charge on any atom is 0.539 e. The molecule has 12 nitrogen and oxygen atoms in total. The van der Waals surface area contributed by atoms with E-state index < -0.39 is 65.6 Å².